The van der Waals surface area contributed by atoms with Gasteiger partial charge in [0.1, 0.15) is 50.8 Å². The standard InChI is InChI=1S/C18H29N3O2/c1-4-7-20-8-10-21(11-9-20)15-13-19-12-14-16(22-2)5-6-17(23-3)18(14)15/h5-6,15,19H,4,7-13H2,1-3H3/p+3/t15-/m1/s1. The van der Waals surface area contributed by atoms with E-state index in [9.17, 15) is 0 Å². The van der Waals surface area contributed by atoms with E-state index in [1.807, 2.05) is 6.07 Å². The second kappa shape index (κ2) is 7.51. The largest absolute Gasteiger partial charge is 0.496 e. The number of benzene rings is 1. The Morgan fingerprint density at radius 3 is 2.43 bits per heavy atom. The number of nitrogens with one attached hydrogen (secondary N) is 2. The predicted molar refractivity (Wildman–Crippen MR) is 89.3 cm³/mol. The van der Waals surface area contributed by atoms with Crippen LogP contribution in [0.3, 0.4) is 0 Å². The zero-order chi connectivity index (χ0) is 16.2. The molecule has 2 heterocycles. The van der Waals surface area contributed by atoms with Crippen LogP contribution < -0.4 is 24.6 Å². The lowest BCUT2D eigenvalue weighted by Gasteiger charge is -2.36. The van der Waals surface area contributed by atoms with Gasteiger partial charge in [-0.15, -0.1) is 0 Å². The van der Waals surface area contributed by atoms with Gasteiger partial charge in [-0.05, 0) is 18.6 Å². The zero-order valence-corrected chi connectivity index (χ0v) is 14.8. The Labute approximate surface area is 139 Å². The lowest BCUT2D eigenvalue weighted by atomic mass is 9.93. The van der Waals surface area contributed by atoms with Crippen molar-refractivity contribution in [2.75, 3.05) is 53.5 Å². The molecule has 0 bridgehead atoms. The van der Waals surface area contributed by atoms with Gasteiger partial charge < -0.3 is 24.6 Å². The molecule has 1 aromatic carbocycles. The molecule has 1 fully saturated rings. The van der Waals surface area contributed by atoms with Crippen molar-refractivity contribution in [3.05, 3.63) is 23.3 Å². The van der Waals surface area contributed by atoms with E-state index in [1.54, 1.807) is 24.0 Å². The SMILES string of the molecule is CCC[NH+]1CC[NH+]([C@@H]2C[NH2+]Cc3c(OC)ccc(OC)c32)CC1. The summed E-state index contributed by atoms with van der Waals surface area (Å²) in [5.41, 5.74) is 2.72. The number of fused-ring (bicyclic) bond motifs is 1. The minimum Gasteiger partial charge on any atom is -0.496 e. The third-order valence-corrected chi connectivity index (χ3v) is 5.51. The first kappa shape index (κ1) is 16.6. The second-order valence-electron chi connectivity index (χ2n) is 6.80. The highest BCUT2D eigenvalue weighted by Crippen LogP contribution is 2.34. The Morgan fingerprint density at radius 2 is 1.78 bits per heavy atom. The molecule has 0 aliphatic carbocycles. The van der Waals surface area contributed by atoms with E-state index in [0.29, 0.717) is 6.04 Å². The van der Waals surface area contributed by atoms with Crippen LogP contribution in [0.25, 0.3) is 0 Å². The highest BCUT2D eigenvalue weighted by molar-refractivity contribution is 5.50. The van der Waals surface area contributed by atoms with Gasteiger partial charge in [0.05, 0.1) is 31.9 Å². The number of nitrogens with two attached hydrogens (primary N) is 1. The van der Waals surface area contributed by atoms with Crippen LogP contribution in [0.5, 0.6) is 11.5 Å². The summed E-state index contributed by atoms with van der Waals surface area (Å²) in [4.78, 5) is 3.49. The average Bonchev–Trinajstić information content (AvgIpc) is 2.61. The molecule has 1 atom stereocenters. The van der Waals surface area contributed by atoms with Crippen LogP contribution in [-0.4, -0.2) is 53.5 Å². The maximum absolute atomic E-state index is 5.70. The molecule has 1 saturated heterocycles. The smallest absolute Gasteiger partial charge is 0.167 e. The number of hydrogen-bond donors (Lipinski definition) is 3. The summed E-state index contributed by atoms with van der Waals surface area (Å²) in [5, 5.41) is 2.42. The molecule has 5 heteroatoms. The van der Waals surface area contributed by atoms with Gasteiger partial charge in [0, 0.05) is 0 Å². The van der Waals surface area contributed by atoms with Crippen molar-refractivity contribution < 1.29 is 24.6 Å². The lowest BCUT2D eigenvalue weighted by Crippen LogP contribution is -3.29. The molecule has 0 aromatic heterocycles. The molecular formula is C18H32N3O2+3. The van der Waals surface area contributed by atoms with Crippen molar-refractivity contribution in [2.45, 2.75) is 25.9 Å². The molecule has 23 heavy (non-hydrogen) atoms. The first-order chi connectivity index (χ1) is 11.3. The Morgan fingerprint density at radius 1 is 1.09 bits per heavy atom. The summed E-state index contributed by atoms with van der Waals surface area (Å²) in [5.74, 6) is 2.05. The predicted octanol–water partition coefficient (Wildman–Crippen LogP) is -1.98. The fourth-order valence-electron chi connectivity index (χ4n) is 4.34. The molecular weight excluding hydrogens is 290 g/mol. The van der Waals surface area contributed by atoms with Crippen LogP contribution in [-0.2, 0) is 6.54 Å². The van der Waals surface area contributed by atoms with Gasteiger partial charge >= 0.3 is 0 Å². The number of rotatable bonds is 5. The van der Waals surface area contributed by atoms with Crippen LogP contribution in [0.15, 0.2) is 12.1 Å². The van der Waals surface area contributed by atoms with Crippen LogP contribution >= 0.6 is 0 Å². The normalized spacial score (nSPS) is 27.3. The summed E-state index contributed by atoms with van der Waals surface area (Å²) in [6.07, 6.45) is 1.29. The molecule has 3 rings (SSSR count). The van der Waals surface area contributed by atoms with Gasteiger partial charge in [-0.2, -0.15) is 0 Å². The second-order valence-corrected chi connectivity index (χ2v) is 6.80. The van der Waals surface area contributed by atoms with Gasteiger partial charge in [0.15, 0.2) is 6.04 Å². The van der Waals surface area contributed by atoms with Gasteiger partial charge in [-0.3, -0.25) is 0 Å². The van der Waals surface area contributed by atoms with Gasteiger partial charge in [-0.25, -0.2) is 0 Å². The Hall–Kier alpha value is -1.30. The molecule has 2 aliphatic heterocycles. The number of piperazine rings is 1. The van der Waals surface area contributed by atoms with E-state index in [4.69, 9.17) is 9.47 Å². The van der Waals surface area contributed by atoms with Gasteiger partial charge in [0.25, 0.3) is 0 Å². The number of ether oxygens (including phenoxy) is 2. The van der Waals surface area contributed by atoms with Crippen molar-refractivity contribution >= 4 is 0 Å². The number of quaternary nitrogens is 3. The van der Waals surface area contributed by atoms with E-state index in [0.717, 1.165) is 24.6 Å². The fraction of sp³-hybridized carbons (Fsp3) is 0.667. The number of methoxy groups -OCH3 is 2. The van der Waals surface area contributed by atoms with Crippen molar-refractivity contribution in [1.29, 1.82) is 0 Å². The molecule has 0 spiro atoms. The first-order valence-electron chi connectivity index (χ1n) is 9.02. The van der Waals surface area contributed by atoms with Crippen LogP contribution in [0.1, 0.15) is 30.5 Å². The average molecular weight is 322 g/mol. The van der Waals surface area contributed by atoms with Gasteiger partial charge in [0.2, 0.25) is 0 Å². The third-order valence-electron chi connectivity index (χ3n) is 5.51. The van der Waals surface area contributed by atoms with Crippen molar-refractivity contribution in [1.82, 2.24) is 0 Å². The van der Waals surface area contributed by atoms with E-state index in [1.165, 1.54) is 50.3 Å². The molecule has 128 valence electrons. The molecule has 0 unspecified atom stereocenters. The van der Waals surface area contributed by atoms with Crippen LogP contribution in [0, 0.1) is 0 Å². The molecule has 0 saturated carbocycles. The quantitative estimate of drug-likeness (QED) is 0.588. The van der Waals surface area contributed by atoms with Gasteiger partial charge in [-0.1, -0.05) is 6.92 Å². The summed E-state index contributed by atoms with van der Waals surface area (Å²) in [7, 11) is 3.56. The van der Waals surface area contributed by atoms with Crippen molar-refractivity contribution in [3.63, 3.8) is 0 Å². The Bertz CT molecular complexity index is 527. The van der Waals surface area contributed by atoms with Crippen LogP contribution in [0.2, 0.25) is 0 Å². The van der Waals surface area contributed by atoms with E-state index < -0.39 is 0 Å². The molecule has 0 amide bonds. The summed E-state index contributed by atoms with van der Waals surface area (Å²) < 4.78 is 11.3. The Balaban J connectivity index is 1.84. The minimum absolute atomic E-state index is 0.520. The zero-order valence-electron chi connectivity index (χ0n) is 14.8. The summed E-state index contributed by atoms with van der Waals surface area (Å²) in [6.45, 7) is 10.8. The Kier molecular flexibility index (Phi) is 5.41. The molecule has 0 radical (unpaired) electrons. The maximum atomic E-state index is 5.70. The molecule has 2 aliphatic rings. The van der Waals surface area contributed by atoms with E-state index in [2.05, 4.69) is 18.3 Å². The molecule has 1 aromatic rings. The van der Waals surface area contributed by atoms with E-state index >= 15 is 0 Å². The van der Waals surface area contributed by atoms with Crippen molar-refractivity contribution in [3.8, 4) is 11.5 Å². The topological polar surface area (TPSA) is 44.0 Å². The molecule has 4 N–H and O–H groups in total. The van der Waals surface area contributed by atoms with Crippen molar-refractivity contribution in [2.24, 2.45) is 0 Å². The monoisotopic (exact) mass is 322 g/mol. The highest BCUT2D eigenvalue weighted by atomic mass is 16.5. The van der Waals surface area contributed by atoms with E-state index in [-0.39, 0.29) is 0 Å². The maximum Gasteiger partial charge on any atom is 0.167 e. The van der Waals surface area contributed by atoms with Crippen LogP contribution in [0.4, 0.5) is 0 Å². The number of hydrogen-bond acceptors (Lipinski definition) is 2. The summed E-state index contributed by atoms with van der Waals surface area (Å²) >= 11 is 0. The first-order valence-corrected chi connectivity index (χ1v) is 9.02. The lowest BCUT2D eigenvalue weighted by molar-refractivity contribution is -1.03. The summed E-state index contributed by atoms with van der Waals surface area (Å²) in [6, 6.07) is 4.65. The molecule has 5 nitrogen and oxygen atoms in total. The minimum atomic E-state index is 0.520. The third kappa shape index (κ3) is 3.32. The fourth-order valence-corrected chi connectivity index (χ4v) is 4.34. The highest BCUT2D eigenvalue weighted by Gasteiger charge is 2.38.